The summed E-state index contributed by atoms with van der Waals surface area (Å²) < 4.78 is 10.6. The third-order valence-electron chi connectivity index (χ3n) is 5.19. The van der Waals surface area contributed by atoms with E-state index < -0.39 is 43.4 Å². The van der Waals surface area contributed by atoms with E-state index >= 15 is 0 Å². The molecule has 1 heterocycles. The SMILES string of the molecule is CCCCCCCCCCCCC(O)COC1O[C@H](CO)[C@@H](O)[C@H](O)[C@H]1O. The van der Waals surface area contributed by atoms with Gasteiger partial charge in [-0.2, -0.15) is 0 Å². The molecule has 0 aromatic rings. The number of aliphatic hydroxyl groups excluding tert-OH is 5. The van der Waals surface area contributed by atoms with E-state index in [4.69, 9.17) is 14.6 Å². The molecular weight excluding hydrogens is 352 g/mol. The van der Waals surface area contributed by atoms with Crippen molar-refractivity contribution in [3.05, 3.63) is 0 Å². The molecule has 7 nitrogen and oxygen atoms in total. The maximum absolute atomic E-state index is 10.0. The highest BCUT2D eigenvalue weighted by Gasteiger charge is 2.44. The Morgan fingerprint density at radius 1 is 0.815 bits per heavy atom. The number of aliphatic hydroxyl groups is 5. The zero-order valence-electron chi connectivity index (χ0n) is 16.7. The first-order chi connectivity index (χ1) is 13.0. The molecule has 0 saturated carbocycles. The van der Waals surface area contributed by atoms with Gasteiger partial charge in [0.05, 0.1) is 19.3 Å². The van der Waals surface area contributed by atoms with E-state index in [1.54, 1.807) is 0 Å². The van der Waals surface area contributed by atoms with Crippen molar-refractivity contribution in [2.24, 2.45) is 0 Å². The monoisotopic (exact) mass is 392 g/mol. The zero-order chi connectivity index (χ0) is 20.1. The highest BCUT2D eigenvalue weighted by atomic mass is 16.7. The van der Waals surface area contributed by atoms with Crippen LogP contribution in [0.1, 0.15) is 77.6 Å². The first kappa shape index (κ1) is 24.8. The molecule has 0 bridgehead atoms. The lowest BCUT2D eigenvalue weighted by Crippen LogP contribution is -2.59. The van der Waals surface area contributed by atoms with Gasteiger partial charge in [0.15, 0.2) is 6.29 Å². The third-order valence-corrected chi connectivity index (χ3v) is 5.19. The van der Waals surface area contributed by atoms with E-state index in [1.165, 1.54) is 51.4 Å². The topological polar surface area (TPSA) is 120 Å². The van der Waals surface area contributed by atoms with Gasteiger partial charge < -0.3 is 35.0 Å². The van der Waals surface area contributed by atoms with Crippen LogP contribution in [0.4, 0.5) is 0 Å². The first-order valence-corrected chi connectivity index (χ1v) is 10.6. The second-order valence-corrected chi connectivity index (χ2v) is 7.66. The van der Waals surface area contributed by atoms with E-state index in [0.717, 1.165) is 12.8 Å². The van der Waals surface area contributed by atoms with E-state index in [0.29, 0.717) is 6.42 Å². The van der Waals surface area contributed by atoms with Gasteiger partial charge in [-0.3, -0.25) is 0 Å². The van der Waals surface area contributed by atoms with Gasteiger partial charge in [-0.25, -0.2) is 0 Å². The molecule has 27 heavy (non-hydrogen) atoms. The summed E-state index contributed by atoms with van der Waals surface area (Å²) in [7, 11) is 0. The van der Waals surface area contributed by atoms with E-state index in [9.17, 15) is 20.4 Å². The highest BCUT2D eigenvalue weighted by Crippen LogP contribution is 2.22. The highest BCUT2D eigenvalue weighted by molar-refractivity contribution is 4.88. The molecule has 2 unspecified atom stereocenters. The predicted molar refractivity (Wildman–Crippen MR) is 102 cm³/mol. The number of ether oxygens (including phenoxy) is 2. The molecule has 1 aliphatic heterocycles. The Balaban J connectivity index is 2.06. The Morgan fingerprint density at radius 3 is 1.93 bits per heavy atom. The molecule has 6 atom stereocenters. The summed E-state index contributed by atoms with van der Waals surface area (Å²) in [6.07, 6.45) is 5.77. The van der Waals surface area contributed by atoms with Gasteiger partial charge in [0.25, 0.3) is 0 Å². The molecular formula is C20H40O7. The summed E-state index contributed by atoms with van der Waals surface area (Å²) in [5.74, 6) is 0. The molecule has 1 fully saturated rings. The van der Waals surface area contributed by atoms with Crippen molar-refractivity contribution in [1.29, 1.82) is 0 Å². The first-order valence-electron chi connectivity index (χ1n) is 10.6. The maximum Gasteiger partial charge on any atom is 0.186 e. The Morgan fingerprint density at radius 2 is 1.37 bits per heavy atom. The lowest BCUT2D eigenvalue weighted by Gasteiger charge is -2.39. The molecule has 5 N–H and O–H groups in total. The van der Waals surface area contributed by atoms with Gasteiger partial charge >= 0.3 is 0 Å². The Kier molecular flexibility index (Phi) is 13.5. The number of hydrogen-bond acceptors (Lipinski definition) is 7. The van der Waals surface area contributed by atoms with E-state index in [-0.39, 0.29) is 6.61 Å². The van der Waals surface area contributed by atoms with Gasteiger partial charge in [0.2, 0.25) is 0 Å². The Labute approximate surface area is 163 Å². The number of hydrogen-bond donors (Lipinski definition) is 5. The molecule has 0 aromatic carbocycles. The fraction of sp³-hybridized carbons (Fsp3) is 1.00. The Bertz CT molecular complexity index is 353. The van der Waals surface area contributed by atoms with Gasteiger partial charge in [0, 0.05) is 0 Å². The van der Waals surface area contributed by atoms with Crippen LogP contribution in [-0.4, -0.2) is 75.6 Å². The van der Waals surface area contributed by atoms with E-state index in [2.05, 4.69) is 6.92 Å². The number of unbranched alkanes of at least 4 members (excludes halogenated alkanes) is 9. The largest absolute Gasteiger partial charge is 0.394 e. The minimum absolute atomic E-state index is 0.0277. The Hall–Kier alpha value is -0.280. The molecule has 0 aliphatic carbocycles. The molecule has 162 valence electrons. The van der Waals surface area contributed by atoms with Crippen molar-refractivity contribution in [2.45, 2.75) is 114 Å². The van der Waals surface area contributed by atoms with Crippen molar-refractivity contribution < 1.29 is 35.0 Å². The second kappa shape index (κ2) is 14.7. The summed E-state index contributed by atoms with van der Waals surface area (Å²) in [5.41, 5.74) is 0. The lowest BCUT2D eigenvalue weighted by atomic mass is 9.99. The molecule has 7 heteroatoms. The molecule has 0 spiro atoms. The van der Waals surface area contributed by atoms with Crippen molar-refractivity contribution >= 4 is 0 Å². The van der Waals surface area contributed by atoms with Crippen LogP contribution >= 0.6 is 0 Å². The quantitative estimate of drug-likeness (QED) is 0.268. The summed E-state index contributed by atoms with van der Waals surface area (Å²) in [6, 6.07) is 0. The fourth-order valence-corrected chi connectivity index (χ4v) is 3.36. The lowest BCUT2D eigenvalue weighted by molar-refractivity contribution is -0.304. The van der Waals surface area contributed by atoms with Gasteiger partial charge in [-0.15, -0.1) is 0 Å². The van der Waals surface area contributed by atoms with E-state index in [1.807, 2.05) is 0 Å². The summed E-state index contributed by atoms with van der Waals surface area (Å²) >= 11 is 0. The average Bonchev–Trinajstić information content (AvgIpc) is 2.67. The zero-order valence-corrected chi connectivity index (χ0v) is 16.7. The minimum Gasteiger partial charge on any atom is -0.394 e. The summed E-state index contributed by atoms with van der Waals surface area (Å²) in [5, 5.41) is 48.4. The van der Waals surface area contributed by atoms with Crippen molar-refractivity contribution in [2.75, 3.05) is 13.2 Å². The van der Waals surface area contributed by atoms with Crippen molar-refractivity contribution in [3.8, 4) is 0 Å². The van der Waals surface area contributed by atoms with Crippen LogP contribution in [0, 0.1) is 0 Å². The van der Waals surface area contributed by atoms with Crippen LogP contribution in [0.25, 0.3) is 0 Å². The van der Waals surface area contributed by atoms with Crippen LogP contribution in [0.5, 0.6) is 0 Å². The molecule has 0 aromatic heterocycles. The summed E-state index contributed by atoms with van der Waals surface area (Å²) in [6.45, 7) is 1.70. The second-order valence-electron chi connectivity index (χ2n) is 7.66. The molecule has 1 rings (SSSR count). The minimum atomic E-state index is -1.46. The maximum atomic E-state index is 10.0. The molecule has 0 radical (unpaired) electrons. The van der Waals surface area contributed by atoms with Gasteiger partial charge in [0.1, 0.15) is 24.4 Å². The van der Waals surface area contributed by atoms with Crippen LogP contribution in [-0.2, 0) is 9.47 Å². The van der Waals surface area contributed by atoms with Crippen LogP contribution < -0.4 is 0 Å². The van der Waals surface area contributed by atoms with Crippen molar-refractivity contribution in [1.82, 2.24) is 0 Å². The number of rotatable bonds is 15. The average molecular weight is 393 g/mol. The van der Waals surface area contributed by atoms with Gasteiger partial charge in [-0.05, 0) is 6.42 Å². The standard InChI is InChI=1S/C20H40O7/c1-2-3-4-5-6-7-8-9-10-11-12-15(22)14-26-20-19(25)18(24)17(23)16(13-21)27-20/h15-25H,2-14H2,1H3/t15?,16-,17-,18+,19-,20?/m1/s1. The summed E-state index contributed by atoms with van der Waals surface area (Å²) in [4.78, 5) is 0. The molecule has 1 saturated heterocycles. The molecule has 0 amide bonds. The van der Waals surface area contributed by atoms with Crippen LogP contribution in [0.3, 0.4) is 0 Å². The third kappa shape index (κ3) is 9.65. The van der Waals surface area contributed by atoms with Crippen LogP contribution in [0.2, 0.25) is 0 Å². The van der Waals surface area contributed by atoms with Crippen molar-refractivity contribution in [3.63, 3.8) is 0 Å². The smallest absolute Gasteiger partial charge is 0.186 e. The molecule has 1 aliphatic rings. The fourth-order valence-electron chi connectivity index (χ4n) is 3.36. The van der Waals surface area contributed by atoms with Gasteiger partial charge in [-0.1, -0.05) is 71.1 Å². The van der Waals surface area contributed by atoms with Crippen LogP contribution in [0.15, 0.2) is 0 Å². The normalized spacial score (nSPS) is 29.8. The predicted octanol–water partition coefficient (Wildman–Crippen LogP) is 1.47.